The molecule has 0 radical (unpaired) electrons. The van der Waals surface area contributed by atoms with Gasteiger partial charge in [0.15, 0.2) is 0 Å². The third-order valence-corrected chi connectivity index (χ3v) is 4.22. The van der Waals surface area contributed by atoms with Gasteiger partial charge in [-0.25, -0.2) is 4.79 Å². The summed E-state index contributed by atoms with van der Waals surface area (Å²) >= 11 is 0. The Kier molecular flexibility index (Phi) is 5.16. The number of non-ortho nitro benzene ring substituents is 1. The van der Waals surface area contributed by atoms with Gasteiger partial charge in [-0.05, 0) is 18.1 Å². The summed E-state index contributed by atoms with van der Waals surface area (Å²) in [6.07, 6.45) is 0. The Morgan fingerprint density at radius 2 is 1.93 bits per heavy atom. The maximum absolute atomic E-state index is 12.8. The lowest BCUT2D eigenvalue weighted by atomic mass is 9.94. The van der Waals surface area contributed by atoms with Gasteiger partial charge in [-0.15, -0.1) is 0 Å². The molecule has 0 fully saturated rings. The van der Waals surface area contributed by atoms with E-state index < -0.39 is 17.0 Å². The molecule has 27 heavy (non-hydrogen) atoms. The molecule has 1 heterocycles. The van der Waals surface area contributed by atoms with Crippen LogP contribution in [0.5, 0.6) is 0 Å². The number of nitro benzene ring substituents is 1. The Hall–Kier alpha value is -3.68. The van der Waals surface area contributed by atoms with E-state index in [1.807, 2.05) is 30.3 Å². The molecule has 1 unspecified atom stereocenters. The van der Waals surface area contributed by atoms with Crippen molar-refractivity contribution >= 4 is 17.6 Å². The largest absolute Gasteiger partial charge is 0.348 e. The molecule has 3 rings (SSSR count). The zero-order valence-electron chi connectivity index (χ0n) is 14.6. The van der Waals surface area contributed by atoms with E-state index >= 15 is 0 Å². The van der Waals surface area contributed by atoms with E-state index in [9.17, 15) is 19.7 Å². The fourth-order valence-corrected chi connectivity index (χ4v) is 2.94. The average Bonchev–Trinajstić information content (AvgIpc) is 2.66. The number of hydrogen-bond donors (Lipinski definition) is 3. The summed E-state index contributed by atoms with van der Waals surface area (Å²) in [5, 5.41) is 19.1. The van der Waals surface area contributed by atoms with E-state index in [0.717, 1.165) is 5.56 Å². The molecule has 3 amide bonds. The third-order valence-electron chi connectivity index (χ3n) is 4.22. The van der Waals surface area contributed by atoms with Crippen molar-refractivity contribution in [3.8, 4) is 0 Å². The van der Waals surface area contributed by atoms with Gasteiger partial charge in [0.2, 0.25) is 0 Å². The van der Waals surface area contributed by atoms with Gasteiger partial charge in [-0.1, -0.05) is 42.5 Å². The van der Waals surface area contributed by atoms with Gasteiger partial charge in [-0.2, -0.15) is 0 Å². The predicted octanol–water partition coefficient (Wildman–Crippen LogP) is 2.54. The lowest BCUT2D eigenvalue weighted by Gasteiger charge is -2.28. The molecule has 0 bridgehead atoms. The molecule has 0 saturated heterocycles. The second-order valence-electron chi connectivity index (χ2n) is 6.09. The minimum atomic E-state index is -0.783. The highest BCUT2D eigenvalue weighted by atomic mass is 16.6. The van der Waals surface area contributed by atoms with Crippen LogP contribution in [-0.4, -0.2) is 16.9 Å². The first kappa shape index (κ1) is 18.1. The summed E-state index contributed by atoms with van der Waals surface area (Å²) in [7, 11) is 0. The number of nitrogens with zero attached hydrogens (tertiary/aromatic N) is 1. The van der Waals surface area contributed by atoms with Crippen LogP contribution in [0.25, 0.3) is 0 Å². The zero-order valence-corrected chi connectivity index (χ0v) is 14.6. The number of nitro groups is 1. The number of allylic oxidation sites excluding steroid dienone is 1. The highest BCUT2D eigenvalue weighted by Crippen LogP contribution is 2.29. The van der Waals surface area contributed by atoms with Crippen molar-refractivity contribution in [2.24, 2.45) is 0 Å². The first-order valence-electron chi connectivity index (χ1n) is 8.30. The number of urea groups is 1. The molecule has 1 atom stereocenters. The van der Waals surface area contributed by atoms with Crippen LogP contribution in [0, 0.1) is 10.1 Å². The van der Waals surface area contributed by atoms with Crippen molar-refractivity contribution in [3.63, 3.8) is 0 Å². The molecule has 8 heteroatoms. The van der Waals surface area contributed by atoms with Crippen LogP contribution in [0.15, 0.2) is 65.9 Å². The molecular formula is C19H18N4O4. The van der Waals surface area contributed by atoms with Gasteiger partial charge in [-0.3, -0.25) is 14.9 Å². The number of benzene rings is 2. The second kappa shape index (κ2) is 7.69. The quantitative estimate of drug-likeness (QED) is 0.557. The van der Waals surface area contributed by atoms with Crippen molar-refractivity contribution in [2.75, 3.05) is 0 Å². The summed E-state index contributed by atoms with van der Waals surface area (Å²) in [6, 6.07) is 14.0. The van der Waals surface area contributed by atoms with Gasteiger partial charge in [0, 0.05) is 24.4 Å². The highest BCUT2D eigenvalue weighted by Gasteiger charge is 2.31. The topological polar surface area (TPSA) is 113 Å². The minimum absolute atomic E-state index is 0.109. The standard InChI is InChI=1S/C19H18N4O4/c1-12-16(18(24)20-11-13-6-3-2-4-7-13)17(22-19(25)21-12)14-8-5-9-15(10-14)23(26)27/h2-10,17H,11H2,1H3,(H,20,24)(H2,21,22,25). The van der Waals surface area contributed by atoms with Gasteiger partial charge in [0.05, 0.1) is 16.5 Å². The Balaban J connectivity index is 1.88. The Bertz CT molecular complexity index is 924. The van der Waals surface area contributed by atoms with Crippen molar-refractivity contribution in [1.29, 1.82) is 0 Å². The Morgan fingerprint density at radius 3 is 2.63 bits per heavy atom. The van der Waals surface area contributed by atoms with Crippen LogP contribution < -0.4 is 16.0 Å². The summed E-state index contributed by atoms with van der Waals surface area (Å²) in [5.41, 5.74) is 2.00. The second-order valence-corrected chi connectivity index (χ2v) is 6.09. The van der Waals surface area contributed by atoms with E-state index in [-0.39, 0.29) is 11.6 Å². The third kappa shape index (κ3) is 4.12. The van der Waals surface area contributed by atoms with Crippen LogP contribution in [-0.2, 0) is 11.3 Å². The molecule has 0 aromatic heterocycles. The van der Waals surface area contributed by atoms with E-state index in [1.54, 1.807) is 13.0 Å². The lowest BCUT2D eigenvalue weighted by Crippen LogP contribution is -2.46. The molecular weight excluding hydrogens is 348 g/mol. The van der Waals surface area contributed by atoms with Gasteiger partial charge in [0.1, 0.15) is 0 Å². The van der Waals surface area contributed by atoms with Crippen LogP contribution in [0.3, 0.4) is 0 Å². The van der Waals surface area contributed by atoms with Crippen LogP contribution >= 0.6 is 0 Å². The Labute approximate surface area is 155 Å². The van der Waals surface area contributed by atoms with E-state index in [1.165, 1.54) is 18.2 Å². The fraction of sp³-hybridized carbons (Fsp3) is 0.158. The number of carbonyl (C=O) groups excluding carboxylic acids is 2. The summed E-state index contributed by atoms with van der Waals surface area (Å²) in [5.74, 6) is -0.361. The minimum Gasteiger partial charge on any atom is -0.348 e. The highest BCUT2D eigenvalue weighted by molar-refractivity contribution is 5.98. The fourth-order valence-electron chi connectivity index (χ4n) is 2.94. The van der Waals surface area contributed by atoms with Gasteiger partial charge < -0.3 is 16.0 Å². The number of carbonyl (C=O) groups is 2. The van der Waals surface area contributed by atoms with E-state index in [0.29, 0.717) is 23.4 Å². The average molecular weight is 366 g/mol. The lowest BCUT2D eigenvalue weighted by molar-refractivity contribution is -0.384. The predicted molar refractivity (Wildman–Crippen MR) is 98.5 cm³/mol. The van der Waals surface area contributed by atoms with Gasteiger partial charge >= 0.3 is 6.03 Å². The van der Waals surface area contributed by atoms with Crippen molar-refractivity contribution in [2.45, 2.75) is 19.5 Å². The maximum atomic E-state index is 12.8. The van der Waals surface area contributed by atoms with Crippen molar-refractivity contribution in [3.05, 3.63) is 87.1 Å². The van der Waals surface area contributed by atoms with Crippen LogP contribution in [0.4, 0.5) is 10.5 Å². The molecule has 0 spiro atoms. The zero-order chi connectivity index (χ0) is 19.4. The molecule has 3 N–H and O–H groups in total. The molecule has 1 aliphatic rings. The number of nitrogens with one attached hydrogen (secondary N) is 3. The number of rotatable bonds is 5. The smallest absolute Gasteiger partial charge is 0.319 e. The van der Waals surface area contributed by atoms with Crippen LogP contribution in [0.1, 0.15) is 24.1 Å². The van der Waals surface area contributed by atoms with Crippen molar-refractivity contribution in [1.82, 2.24) is 16.0 Å². The molecule has 1 aliphatic heterocycles. The first-order chi connectivity index (χ1) is 13.0. The molecule has 0 aliphatic carbocycles. The first-order valence-corrected chi connectivity index (χ1v) is 8.30. The summed E-state index contributed by atoms with van der Waals surface area (Å²) in [4.78, 5) is 35.2. The SMILES string of the molecule is CC1=C(C(=O)NCc2ccccc2)C(c2cccc([N+](=O)[O-])c2)NC(=O)N1. The maximum Gasteiger partial charge on any atom is 0.319 e. The molecule has 0 saturated carbocycles. The number of amides is 3. The van der Waals surface area contributed by atoms with E-state index in [2.05, 4.69) is 16.0 Å². The summed E-state index contributed by atoms with van der Waals surface area (Å²) < 4.78 is 0. The Morgan fingerprint density at radius 1 is 1.19 bits per heavy atom. The molecule has 2 aromatic carbocycles. The number of hydrogen-bond acceptors (Lipinski definition) is 4. The van der Waals surface area contributed by atoms with Gasteiger partial charge in [0.25, 0.3) is 11.6 Å². The van der Waals surface area contributed by atoms with Crippen LogP contribution in [0.2, 0.25) is 0 Å². The van der Waals surface area contributed by atoms with Crippen molar-refractivity contribution < 1.29 is 14.5 Å². The molecule has 138 valence electrons. The normalized spacial score (nSPS) is 16.3. The van der Waals surface area contributed by atoms with E-state index in [4.69, 9.17) is 0 Å². The molecule has 2 aromatic rings. The monoisotopic (exact) mass is 366 g/mol. The summed E-state index contributed by atoms with van der Waals surface area (Å²) in [6.45, 7) is 1.95. The molecule has 8 nitrogen and oxygen atoms in total.